The number of hydrogen-bond acceptors (Lipinski definition) is 1. The largest absolute Gasteiger partial charge is 0.350 e. The molecule has 1 rings (SSSR count). The third-order valence-electron chi connectivity index (χ3n) is 2.36. The maximum Gasteiger partial charge on any atom is 0.252 e. The molecule has 1 atom stereocenters. The van der Waals surface area contributed by atoms with E-state index in [0.717, 1.165) is 6.07 Å². The Morgan fingerprint density at radius 1 is 1.47 bits per heavy atom. The predicted molar refractivity (Wildman–Crippen MR) is 68.2 cm³/mol. The van der Waals surface area contributed by atoms with Gasteiger partial charge in [0.05, 0.1) is 16.0 Å². The van der Waals surface area contributed by atoms with Gasteiger partial charge in [0, 0.05) is 6.54 Å². The first-order chi connectivity index (χ1) is 7.91. The minimum Gasteiger partial charge on any atom is -0.350 e. The molecule has 0 spiro atoms. The van der Waals surface area contributed by atoms with E-state index >= 15 is 0 Å². The maximum atomic E-state index is 12.8. The lowest BCUT2D eigenvalue weighted by Crippen LogP contribution is -2.32. The summed E-state index contributed by atoms with van der Waals surface area (Å²) in [7, 11) is 0. The van der Waals surface area contributed by atoms with E-state index in [-0.39, 0.29) is 27.8 Å². The van der Waals surface area contributed by atoms with E-state index < -0.39 is 5.82 Å². The molecule has 0 aliphatic heterocycles. The highest BCUT2D eigenvalue weighted by atomic mass is 35.5. The van der Waals surface area contributed by atoms with Crippen molar-refractivity contribution < 1.29 is 9.18 Å². The third-order valence-corrected chi connectivity index (χ3v) is 3.33. The fraction of sp³-hybridized carbons (Fsp3) is 0.417. The second-order valence-corrected chi connectivity index (χ2v) is 5.06. The van der Waals surface area contributed by atoms with Crippen LogP contribution in [0.25, 0.3) is 0 Å². The topological polar surface area (TPSA) is 29.1 Å². The second kappa shape index (κ2) is 6.22. The maximum absolute atomic E-state index is 12.8. The van der Waals surface area contributed by atoms with Crippen LogP contribution >= 0.6 is 23.2 Å². The predicted octanol–water partition coefficient (Wildman–Crippen LogP) is 3.47. The lowest BCUT2D eigenvalue weighted by molar-refractivity contribution is 0.0952. The summed E-state index contributed by atoms with van der Waals surface area (Å²) in [5.74, 6) is -0.550. The summed E-state index contributed by atoms with van der Waals surface area (Å²) in [4.78, 5) is 11.7. The molecule has 0 aromatic heterocycles. The Morgan fingerprint density at radius 3 is 2.65 bits per heavy atom. The van der Waals surface area contributed by atoms with Crippen LogP contribution in [-0.2, 0) is 0 Å². The van der Waals surface area contributed by atoms with E-state index in [1.165, 1.54) is 12.1 Å². The summed E-state index contributed by atoms with van der Waals surface area (Å²) >= 11 is 11.8. The first-order valence-electron chi connectivity index (χ1n) is 5.29. The second-order valence-electron chi connectivity index (χ2n) is 4.09. The zero-order valence-corrected chi connectivity index (χ0v) is 11.1. The number of nitrogens with one attached hydrogen (secondary N) is 1. The van der Waals surface area contributed by atoms with Gasteiger partial charge in [0.15, 0.2) is 0 Å². The molecule has 5 heteroatoms. The molecule has 2 nitrogen and oxygen atoms in total. The highest BCUT2D eigenvalue weighted by Gasteiger charge is 2.14. The van der Waals surface area contributed by atoms with Crippen molar-refractivity contribution >= 4 is 29.1 Å². The first kappa shape index (κ1) is 14.3. The SMILES string of the molecule is CC(C)C(Cl)CNC(=O)c1ccc(F)cc1Cl. The van der Waals surface area contributed by atoms with Crippen molar-refractivity contribution in [3.63, 3.8) is 0 Å². The quantitative estimate of drug-likeness (QED) is 0.839. The number of rotatable bonds is 4. The van der Waals surface area contributed by atoms with E-state index in [9.17, 15) is 9.18 Å². The van der Waals surface area contributed by atoms with Crippen LogP contribution in [0.5, 0.6) is 0 Å². The van der Waals surface area contributed by atoms with Gasteiger partial charge in [0.25, 0.3) is 5.91 Å². The van der Waals surface area contributed by atoms with E-state index in [0.29, 0.717) is 6.54 Å². The Morgan fingerprint density at radius 2 is 2.12 bits per heavy atom. The molecule has 0 radical (unpaired) electrons. The summed E-state index contributed by atoms with van der Waals surface area (Å²) in [5.41, 5.74) is 0.251. The van der Waals surface area contributed by atoms with Crippen LogP contribution in [0.1, 0.15) is 24.2 Å². The molecular weight excluding hydrogens is 264 g/mol. The fourth-order valence-corrected chi connectivity index (χ4v) is 1.52. The molecule has 1 unspecified atom stereocenters. The van der Waals surface area contributed by atoms with E-state index in [1.807, 2.05) is 13.8 Å². The summed E-state index contributed by atoms with van der Waals surface area (Å²) in [5, 5.41) is 2.62. The Kier molecular flexibility index (Phi) is 5.22. The number of halogens is 3. The Bertz CT molecular complexity index is 409. The minimum absolute atomic E-state index is 0.0955. The van der Waals surface area contributed by atoms with Crippen LogP contribution in [0.15, 0.2) is 18.2 Å². The van der Waals surface area contributed by atoms with Crippen molar-refractivity contribution in [2.24, 2.45) is 5.92 Å². The van der Waals surface area contributed by atoms with Gasteiger partial charge in [0.2, 0.25) is 0 Å². The number of benzene rings is 1. The Hall–Kier alpha value is -0.800. The minimum atomic E-state index is -0.469. The van der Waals surface area contributed by atoms with Crippen LogP contribution in [0.4, 0.5) is 4.39 Å². The van der Waals surface area contributed by atoms with Crippen LogP contribution < -0.4 is 5.32 Å². The molecule has 0 aliphatic rings. The molecule has 0 bridgehead atoms. The molecule has 1 aromatic carbocycles. The summed E-state index contributed by atoms with van der Waals surface area (Å²) in [6.07, 6.45) is 0. The molecule has 0 aliphatic carbocycles. The van der Waals surface area contributed by atoms with Gasteiger partial charge in [0.1, 0.15) is 5.82 Å². The monoisotopic (exact) mass is 277 g/mol. The normalized spacial score (nSPS) is 12.6. The zero-order chi connectivity index (χ0) is 13.0. The molecule has 17 heavy (non-hydrogen) atoms. The highest BCUT2D eigenvalue weighted by molar-refractivity contribution is 6.33. The van der Waals surface area contributed by atoms with Crippen LogP contribution in [-0.4, -0.2) is 17.8 Å². The molecule has 1 amide bonds. The first-order valence-corrected chi connectivity index (χ1v) is 6.10. The van der Waals surface area contributed by atoms with Gasteiger partial charge in [-0.1, -0.05) is 25.4 Å². The number of hydrogen-bond donors (Lipinski definition) is 1. The average Bonchev–Trinajstić information content (AvgIpc) is 2.25. The van der Waals surface area contributed by atoms with Gasteiger partial charge in [-0.05, 0) is 24.1 Å². The van der Waals surface area contributed by atoms with Gasteiger partial charge in [-0.3, -0.25) is 4.79 Å². The van der Waals surface area contributed by atoms with Gasteiger partial charge in [-0.25, -0.2) is 4.39 Å². The highest BCUT2D eigenvalue weighted by Crippen LogP contribution is 2.17. The molecule has 0 saturated carbocycles. The lowest BCUT2D eigenvalue weighted by Gasteiger charge is -2.14. The van der Waals surface area contributed by atoms with Gasteiger partial charge >= 0.3 is 0 Å². The van der Waals surface area contributed by atoms with Crippen LogP contribution in [0.3, 0.4) is 0 Å². The Balaban J connectivity index is 2.64. The summed E-state index contributed by atoms with van der Waals surface area (Å²) < 4.78 is 12.8. The molecule has 0 saturated heterocycles. The van der Waals surface area contributed by atoms with Crippen LogP contribution in [0, 0.1) is 11.7 Å². The van der Waals surface area contributed by atoms with Crippen molar-refractivity contribution in [1.29, 1.82) is 0 Å². The van der Waals surface area contributed by atoms with Crippen molar-refractivity contribution in [3.8, 4) is 0 Å². The number of carbonyl (C=O) groups is 1. The molecule has 1 aromatic rings. The molecular formula is C12H14Cl2FNO. The van der Waals surface area contributed by atoms with Crippen molar-refractivity contribution in [2.45, 2.75) is 19.2 Å². The molecule has 94 valence electrons. The standard InChI is InChI=1S/C12H14Cl2FNO/c1-7(2)11(14)6-16-12(17)9-4-3-8(15)5-10(9)13/h3-5,7,11H,6H2,1-2H3,(H,16,17). The third kappa shape index (κ3) is 4.17. The van der Waals surface area contributed by atoms with Gasteiger partial charge in [-0.2, -0.15) is 0 Å². The fourth-order valence-electron chi connectivity index (χ4n) is 1.19. The zero-order valence-electron chi connectivity index (χ0n) is 9.64. The number of carbonyl (C=O) groups excluding carboxylic acids is 1. The van der Waals surface area contributed by atoms with Crippen LogP contribution in [0.2, 0.25) is 5.02 Å². The summed E-state index contributed by atoms with van der Waals surface area (Å²) in [6, 6.07) is 3.66. The number of amides is 1. The molecule has 1 N–H and O–H groups in total. The van der Waals surface area contributed by atoms with Gasteiger partial charge < -0.3 is 5.32 Å². The Labute approximate surface area is 110 Å². The van der Waals surface area contributed by atoms with Crippen molar-refractivity contribution in [3.05, 3.63) is 34.6 Å². The number of alkyl halides is 1. The molecule has 0 fully saturated rings. The van der Waals surface area contributed by atoms with Crippen molar-refractivity contribution in [2.75, 3.05) is 6.54 Å². The van der Waals surface area contributed by atoms with Crippen molar-refractivity contribution in [1.82, 2.24) is 5.32 Å². The van der Waals surface area contributed by atoms with Gasteiger partial charge in [-0.15, -0.1) is 11.6 Å². The lowest BCUT2D eigenvalue weighted by atomic mass is 10.1. The van der Waals surface area contributed by atoms with E-state index in [1.54, 1.807) is 0 Å². The smallest absolute Gasteiger partial charge is 0.252 e. The average molecular weight is 278 g/mol. The summed E-state index contributed by atoms with van der Waals surface area (Å²) in [6.45, 7) is 4.29. The van der Waals surface area contributed by atoms with E-state index in [4.69, 9.17) is 23.2 Å². The molecule has 0 heterocycles. The van der Waals surface area contributed by atoms with E-state index in [2.05, 4.69) is 5.32 Å².